The van der Waals surface area contributed by atoms with Crippen molar-refractivity contribution in [1.82, 2.24) is 14.5 Å². The van der Waals surface area contributed by atoms with E-state index < -0.39 is 6.03 Å². The molecule has 0 unspecified atom stereocenters. The van der Waals surface area contributed by atoms with Gasteiger partial charge in [0.2, 0.25) is 0 Å². The van der Waals surface area contributed by atoms with Crippen molar-refractivity contribution in [3.8, 4) is 11.4 Å². The van der Waals surface area contributed by atoms with E-state index in [1.165, 1.54) is 4.57 Å². The lowest BCUT2D eigenvalue weighted by Crippen LogP contribution is -2.20. The summed E-state index contributed by atoms with van der Waals surface area (Å²) in [6, 6.07) is 4.42. The van der Waals surface area contributed by atoms with Gasteiger partial charge in [0, 0.05) is 6.20 Å². The minimum atomic E-state index is -0.655. The molecule has 0 atom stereocenters. The van der Waals surface area contributed by atoms with Gasteiger partial charge in [0.15, 0.2) is 5.82 Å². The van der Waals surface area contributed by atoms with Crippen LogP contribution in [-0.4, -0.2) is 20.6 Å². The van der Waals surface area contributed by atoms with Gasteiger partial charge in [0.25, 0.3) is 0 Å². The summed E-state index contributed by atoms with van der Waals surface area (Å²) in [4.78, 5) is 20.4. The molecule has 0 fully saturated rings. The molecule has 0 radical (unpaired) electrons. The van der Waals surface area contributed by atoms with Crippen LogP contribution < -0.4 is 5.73 Å². The minimum absolute atomic E-state index is 0.309. The number of imidazole rings is 1. The molecule has 2 aromatic heterocycles. The highest BCUT2D eigenvalue weighted by Gasteiger charge is 2.21. The number of rotatable bonds is 1. The fraction of sp³-hybridized carbons (Fsp3) is 0.0714. The number of nitrogens with zero attached hydrogens (tertiary/aromatic N) is 3. The van der Waals surface area contributed by atoms with Gasteiger partial charge >= 0.3 is 6.03 Å². The first kappa shape index (κ1) is 13.9. The highest BCUT2D eigenvalue weighted by molar-refractivity contribution is 6.39. The summed E-state index contributed by atoms with van der Waals surface area (Å²) in [5, 5.41) is 0.789. The van der Waals surface area contributed by atoms with Crippen molar-refractivity contribution < 1.29 is 4.79 Å². The molecule has 1 aromatic carbocycles. The fourth-order valence-electron chi connectivity index (χ4n) is 2.28. The molecule has 106 valence electrons. The molecule has 7 heteroatoms. The van der Waals surface area contributed by atoms with Crippen LogP contribution in [-0.2, 0) is 0 Å². The second kappa shape index (κ2) is 5.02. The third-order valence-electron chi connectivity index (χ3n) is 3.15. The van der Waals surface area contributed by atoms with E-state index in [9.17, 15) is 4.79 Å². The van der Waals surface area contributed by atoms with E-state index in [0.29, 0.717) is 32.5 Å². The molecule has 3 rings (SSSR count). The van der Waals surface area contributed by atoms with Crippen LogP contribution in [0.3, 0.4) is 0 Å². The molecule has 0 saturated carbocycles. The first-order chi connectivity index (χ1) is 10.0. The van der Waals surface area contributed by atoms with Gasteiger partial charge in [-0.1, -0.05) is 29.3 Å². The van der Waals surface area contributed by atoms with Crippen LogP contribution in [0.5, 0.6) is 0 Å². The number of aromatic nitrogens is 3. The normalized spacial score (nSPS) is 11.0. The van der Waals surface area contributed by atoms with Crippen LogP contribution in [0.4, 0.5) is 4.79 Å². The number of aryl methyl sites for hydroxylation is 1. The number of primary amides is 1. The first-order valence-electron chi connectivity index (χ1n) is 6.08. The lowest BCUT2D eigenvalue weighted by molar-refractivity contribution is 0.251. The zero-order valence-corrected chi connectivity index (χ0v) is 12.5. The third kappa shape index (κ3) is 2.14. The number of pyridine rings is 1. The third-order valence-corrected chi connectivity index (χ3v) is 3.78. The van der Waals surface area contributed by atoms with Crippen molar-refractivity contribution in [2.24, 2.45) is 5.73 Å². The highest BCUT2D eigenvalue weighted by Crippen LogP contribution is 2.35. The number of amides is 1. The monoisotopic (exact) mass is 320 g/mol. The van der Waals surface area contributed by atoms with Crippen LogP contribution in [0, 0.1) is 6.92 Å². The summed E-state index contributed by atoms with van der Waals surface area (Å²) in [6.07, 6.45) is 3.21. The lowest BCUT2D eigenvalue weighted by Gasteiger charge is -2.08. The Morgan fingerprint density at radius 1 is 1.24 bits per heavy atom. The molecule has 0 spiro atoms. The number of fused-ring (bicyclic) bond motifs is 1. The molecule has 21 heavy (non-hydrogen) atoms. The fourth-order valence-corrected chi connectivity index (χ4v) is 2.85. The number of carbonyl (C=O) groups excluding carboxylic acids is 1. The Bertz CT molecular complexity index is 853. The Labute approximate surface area is 130 Å². The second-order valence-electron chi connectivity index (χ2n) is 4.53. The largest absolute Gasteiger partial charge is 0.351 e. The number of nitrogens with two attached hydrogens (primary N) is 1. The van der Waals surface area contributed by atoms with E-state index in [0.717, 1.165) is 5.56 Å². The maximum absolute atomic E-state index is 11.9. The molecule has 0 bridgehead atoms. The van der Waals surface area contributed by atoms with Crippen molar-refractivity contribution in [2.75, 3.05) is 0 Å². The number of benzene rings is 1. The molecule has 0 aliphatic rings. The molecular formula is C14H10Cl2N4O. The van der Waals surface area contributed by atoms with E-state index >= 15 is 0 Å². The summed E-state index contributed by atoms with van der Waals surface area (Å²) >= 11 is 12.4. The Morgan fingerprint density at radius 3 is 2.52 bits per heavy atom. The van der Waals surface area contributed by atoms with Crippen molar-refractivity contribution >= 4 is 40.3 Å². The van der Waals surface area contributed by atoms with E-state index in [-0.39, 0.29) is 0 Å². The number of carbonyl (C=O) groups is 1. The van der Waals surface area contributed by atoms with Gasteiger partial charge in [-0.15, -0.1) is 0 Å². The topological polar surface area (TPSA) is 73.8 Å². The standard InChI is InChI=1S/C14H10Cl2N4O/c1-7-5-18-6-10-12(7)20(14(17)21)13(19-10)11-8(15)3-2-4-9(11)16/h2-6H,1H3,(H2,17,21). The van der Waals surface area contributed by atoms with Crippen molar-refractivity contribution in [2.45, 2.75) is 6.92 Å². The SMILES string of the molecule is Cc1cncc2nc(-c3c(Cl)cccc3Cl)n(C(N)=O)c12. The van der Waals surface area contributed by atoms with Gasteiger partial charge in [-0.25, -0.2) is 14.3 Å². The van der Waals surface area contributed by atoms with E-state index in [1.54, 1.807) is 30.6 Å². The van der Waals surface area contributed by atoms with E-state index in [4.69, 9.17) is 28.9 Å². The van der Waals surface area contributed by atoms with Gasteiger partial charge in [0.1, 0.15) is 5.52 Å². The molecule has 3 aromatic rings. The molecular weight excluding hydrogens is 311 g/mol. The number of halogens is 2. The van der Waals surface area contributed by atoms with Crippen molar-refractivity contribution in [3.63, 3.8) is 0 Å². The predicted octanol–water partition coefficient (Wildman–Crippen LogP) is 3.64. The van der Waals surface area contributed by atoms with Gasteiger partial charge in [-0.2, -0.15) is 0 Å². The van der Waals surface area contributed by atoms with Crippen molar-refractivity contribution in [3.05, 3.63) is 46.2 Å². The Kier molecular flexibility index (Phi) is 3.31. The molecule has 0 saturated heterocycles. The summed E-state index contributed by atoms with van der Waals surface area (Å²) in [5.74, 6) is 0.309. The zero-order chi connectivity index (χ0) is 15.1. The van der Waals surface area contributed by atoms with Crippen LogP contribution in [0.1, 0.15) is 5.56 Å². The van der Waals surface area contributed by atoms with E-state index in [1.807, 2.05) is 6.92 Å². The second-order valence-corrected chi connectivity index (χ2v) is 5.34. The summed E-state index contributed by atoms with van der Waals surface area (Å²) in [5.41, 5.74) is 7.92. The number of hydrogen-bond acceptors (Lipinski definition) is 3. The zero-order valence-electron chi connectivity index (χ0n) is 11.0. The maximum atomic E-state index is 11.9. The quantitative estimate of drug-likeness (QED) is 0.743. The average molecular weight is 321 g/mol. The summed E-state index contributed by atoms with van der Waals surface area (Å²) < 4.78 is 1.30. The molecule has 1 amide bonds. The minimum Gasteiger partial charge on any atom is -0.351 e. The van der Waals surface area contributed by atoms with Gasteiger partial charge < -0.3 is 5.73 Å². The van der Waals surface area contributed by atoms with Gasteiger partial charge in [-0.3, -0.25) is 4.98 Å². The predicted molar refractivity (Wildman–Crippen MR) is 82.7 cm³/mol. The number of hydrogen-bond donors (Lipinski definition) is 1. The Morgan fingerprint density at radius 2 is 1.90 bits per heavy atom. The Hall–Kier alpha value is -2.11. The van der Waals surface area contributed by atoms with Crippen LogP contribution in [0.25, 0.3) is 22.4 Å². The van der Waals surface area contributed by atoms with Gasteiger partial charge in [-0.05, 0) is 24.6 Å². The summed E-state index contributed by atoms with van der Waals surface area (Å²) in [6.45, 7) is 1.83. The summed E-state index contributed by atoms with van der Waals surface area (Å²) in [7, 11) is 0. The van der Waals surface area contributed by atoms with Crippen molar-refractivity contribution in [1.29, 1.82) is 0 Å². The van der Waals surface area contributed by atoms with Gasteiger partial charge in [0.05, 0.1) is 27.3 Å². The highest BCUT2D eigenvalue weighted by atomic mass is 35.5. The first-order valence-corrected chi connectivity index (χ1v) is 6.83. The molecule has 2 heterocycles. The Balaban J connectivity index is 2.46. The van der Waals surface area contributed by atoms with E-state index in [2.05, 4.69) is 9.97 Å². The van der Waals surface area contributed by atoms with Crippen LogP contribution in [0.2, 0.25) is 10.0 Å². The molecule has 5 nitrogen and oxygen atoms in total. The lowest BCUT2D eigenvalue weighted by atomic mass is 10.2. The average Bonchev–Trinajstić information content (AvgIpc) is 2.79. The molecule has 2 N–H and O–H groups in total. The van der Waals surface area contributed by atoms with Crippen LogP contribution >= 0.6 is 23.2 Å². The van der Waals surface area contributed by atoms with Crippen LogP contribution in [0.15, 0.2) is 30.6 Å². The molecule has 0 aliphatic carbocycles. The molecule has 0 aliphatic heterocycles. The maximum Gasteiger partial charge on any atom is 0.325 e. The smallest absolute Gasteiger partial charge is 0.325 e.